The quantitative estimate of drug-likeness (QED) is 0.869. The molecule has 5 heteroatoms. The van der Waals surface area contributed by atoms with Gasteiger partial charge < -0.3 is 14.2 Å². The summed E-state index contributed by atoms with van der Waals surface area (Å²) >= 11 is 0. The second-order valence-corrected chi connectivity index (χ2v) is 6.85. The van der Waals surface area contributed by atoms with Gasteiger partial charge in [-0.05, 0) is 49.9 Å². The van der Waals surface area contributed by atoms with Crippen molar-refractivity contribution in [3.8, 4) is 5.75 Å². The first kappa shape index (κ1) is 15.2. The molecule has 0 N–H and O–H groups in total. The van der Waals surface area contributed by atoms with Gasteiger partial charge in [-0.2, -0.15) is 0 Å². The molecule has 126 valence electrons. The molecule has 1 atom stereocenters. The predicted octanol–water partition coefficient (Wildman–Crippen LogP) is 3.15. The average molecular weight is 326 g/mol. The number of carbonyl (C=O) groups is 1. The molecule has 1 aliphatic heterocycles. The summed E-state index contributed by atoms with van der Waals surface area (Å²) in [4.78, 5) is 14.5. The number of aryl methyl sites for hydroxylation is 1. The van der Waals surface area contributed by atoms with Crippen LogP contribution in [-0.4, -0.2) is 29.1 Å². The van der Waals surface area contributed by atoms with Gasteiger partial charge in [0.1, 0.15) is 23.3 Å². The van der Waals surface area contributed by atoms with Crippen LogP contribution in [0, 0.1) is 0 Å². The molecule has 0 radical (unpaired) electrons. The maximum atomic E-state index is 12.7. The summed E-state index contributed by atoms with van der Waals surface area (Å²) < 4.78 is 11.1. The van der Waals surface area contributed by atoms with Gasteiger partial charge in [0.15, 0.2) is 0 Å². The summed E-state index contributed by atoms with van der Waals surface area (Å²) in [7, 11) is 1.82. The van der Waals surface area contributed by atoms with Crippen LogP contribution in [0.1, 0.15) is 52.7 Å². The van der Waals surface area contributed by atoms with Crippen molar-refractivity contribution in [3.63, 3.8) is 0 Å². The second kappa shape index (κ2) is 5.96. The zero-order valence-corrected chi connectivity index (χ0v) is 14.2. The molecule has 1 aliphatic carbocycles. The van der Waals surface area contributed by atoms with Crippen LogP contribution in [0.2, 0.25) is 0 Å². The minimum atomic E-state index is 0.00455. The lowest BCUT2D eigenvalue weighted by molar-refractivity contribution is 0.0782. The van der Waals surface area contributed by atoms with Crippen LogP contribution < -0.4 is 4.74 Å². The van der Waals surface area contributed by atoms with Gasteiger partial charge in [-0.25, -0.2) is 0 Å². The van der Waals surface area contributed by atoms with Crippen LogP contribution in [0.15, 0.2) is 22.7 Å². The van der Waals surface area contributed by atoms with Gasteiger partial charge in [-0.1, -0.05) is 5.16 Å². The Kier molecular flexibility index (Phi) is 3.79. The third-order valence-corrected chi connectivity index (χ3v) is 4.91. The zero-order valence-electron chi connectivity index (χ0n) is 14.2. The molecule has 1 amide bonds. The first-order valence-corrected chi connectivity index (χ1v) is 8.63. The molecule has 0 bridgehead atoms. The summed E-state index contributed by atoms with van der Waals surface area (Å²) in [5.41, 5.74) is 3.92. The van der Waals surface area contributed by atoms with E-state index >= 15 is 0 Å². The molecule has 0 saturated carbocycles. The topological polar surface area (TPSA) is 55.6 Å². The Morgan fingerprint density at radius 3 is 3.04 bits per heavy atom. The molecular weight excluding hydrogens is 304 g/mol. The maximum Gasteiger partial charge on any atom is 0.253 e. The molecule has 1 unspecified atom stereocenters. The second-order valence-electron chi connectivity index (χ2n) is 6.85. The van der Waals surface area contributed by atoms with Crippen molar-refractivity contribution in [2.45, 2.75) is 51.7 Å². The number of fused-ring (bicyclic) bond motifs is 2. The van der Waals surface area contributed by atoms with Crippen LogP contribution in [0.3, 0.4) is 0 Å². The Bertz CT molecular complexity index is 781. The summed E-state index contributed by atoms with van der Waals surface area (Å²) in [5.74, 6) is 1.90. The molecule has 5 nitrogen and oxygen atoms in total. The van der Waals surface area contributed by atoms with Crippen LogP contribution in [0.4, 0.5) is 0 Å². The third kappa shape index (κ3) is 2.68. The molecule has 0 saturated heterocycles. The van der Waals surface area contributed by atoms with Crippen molar-refractivity contribution in [2.24, 2.45) is 0 Å². The number of ether oxygens (including phenoxy) is 1. The summed E-state index contributed by atoms with van der Waals surface area (Å²) in [6.45, 7) is 2.53. The van der Waals surface area contributed by atoms with Gasteiger partial charge in [-0.15, -0.1) is 0 Å². The molecule has 2 aliphatic rings. The van der Waals surface area contributed by atoms with E-state index in [0.717, 1.165) is 48.5 Å². The Morgan fingerprint density at radius 2 is 2.17 bits per heavy atom. The normalized spacial score (nSPS) is 18.7. The number of aromatic nitrogens is 1. The molecular formula is C19H22N2O3. The number of nitrogens with zero attached hydrogens (tertiary/aromatic N) is 2. The van der Waals surface area contributed by atoms with E-state index in [-0.39, 0.29) is 12.0 Å². The van der Waals surface area contributed by atoms with E-state index in [1.165, 1.54) is 12.0 Å². The molecule has 4 rings (SSSR count). The molecule has 0 fully saturated rings. The summed E-state index contributed by atoms with van der Waals surface area (Å²) in [6, 6.07) is 5.70. The largest absolute Gasteiger partial charge is 0.490 e. The zero-order chi connectivity index (χ0) is 16.7. The Balaban J connectivity index is 1.51. The van der Waals surface area contributed by atoms with Crippen LogP contribution in [0.25, 0.3) is 0 Å². The van der Waals surface area contributed by atoms with Crippen molar-refractivity contribution >= 4 is 5.91 Å². The first-order valence-electron chi connectivity index (χ1n) is 8.63. The predicted molar refractivity (Wildman–Crippen MR) is 89.2 cm³/mol. The van der Waals surface area contributed by atoms with Crippen molar-refractivity contribution in [2.75, 3.05) is 7.05 Å². The van der Waals surface area contributed by atoms with Crippen LogP contribution in [-0.2, 0) is 25.8 Å². The van der Waals surface area contributed by atoms with Crippen molar-refractivity contribution in [1.82, 2.24) is 10.1 Å². The molecule has 0 spiro atoms. The van der Waals surface area contributed by atoms with Crippen molar-refractivity contribution in [3.05, 3.63) is 46.3 Å². The van der Waals surface area contributed by atoms with Crippen molar-refractivity contribution in [1.29, 1.82) is 0 Å². The molecule has 2 heterocycles. The van der Waals surface area contributed by atoms with E-state index in [1.807, 2.05) is 32.2 Å². The maximum absolute atomic E-state index is 12.7. The fourth-order valence-electron chi connectivity index (χ4n) is 3.65. The lowest BCUT2D eigenvalue weighted by Crippen LogP contribution is -2.27. The summed E-state index contributed by atoms with van der Waals surface area (Å²) in [6.07, 6.45) is 5.34. The number of hydrogen-bond donors (Lipinski definition) is 0. The fourth-order valence-corrected chi connectivity index (χ4v) is 3.65. The molecule has 1 aromatic heterocycles. The highest BCUT2D eigenvalue weighted by molar-refractivity contribution is 5.94. The SMILES string of the molecule is CC1Cc2cc(C(=O)N(C)Cc3noc4c3CCCC4)ccc2O1. The minimum absolute atomic E-state index is 0.00455. The van der Waals surface area contributed by atoms with E-state index in [1.54, 1.807) is 4.90 Å². The third-order valence-electron chi connectivity index (χ3n) is 4.91. The van der Waals surface area contributed by atoms with Crippen molar-refractivity contribution < 1.29 is 14.1 Å². The van der Waals surface area contributed by atoms with E-state index in [9.17, 15) is 4.79 Å². The average Bonchev–Trinajstić information content (AvgIpc) is 3.16. The van der Waals surface area contributed by atoms with E-state index in [2.05, 4.69) is 5.16 Å². The van der Waals surface area contributed by atoms with E-state index in [0.29, 0.717) is 12.1 Å². The Morgan fingerprint density at radius 1 is 1.33 bits per heavy atom. The highest BCUT2D eigenvalue weighted by Crippen LogP contribution is 2.30. The molecule has 1 aromatic carbocycles. The number of hydrogen-bond acceptors (Lipinski definition) is 4. The smallest absolute Gasteiger partial charge is 0.253 e. The van der Waals surface area contributed by atoms with Gasteiger partial charge in [-0.3, -0.25) is 4.79 Å². The molecule has 2 aromatic rings. The minimum Gasteiger partial charge on any atom is -0.490 e. The van der Waals surface area contributed by atoms with Crippen LogP contribution >= 0.6 is 0 Å². The van der Waals surface area contributed by atoms with Gasteiger partial charge >= 0.3 is 0 Å². The van der Waals surface area contributed by atoms with E-state index < -0.39 is 0 Å². The monoisotopic (exact) mass is 326 g/mol. The standard InChI is InChI=1S/C19H22N2O3/c1-12-9-14-10-13(7-8-17(14)23-12)19(22)21(2)11-16-15-5-3-4-6-18(15)24-20-16/h7-8,10,12H,3-6,9,11H2,1-2H3. The lowest BCUT2D eigenvalue weighted by atomic mass is 9.96. The Labute approximate surface area is 141 Å². The van der Waals surface area contributed by atoms with Gasteiger partial charge in [0.05, 0.1) is 6.54 Å². The van der Waals surface area contributed by atoms with Gasteiger partial charge in [0.2, 0.25) is 0 Å². The van der Waals surface area contributed by atoms with Gasteiger partial charge in [0, 0.05) is 31.0 Å². The number of amides is 1. The Hall–Kier alpha value is -2.30. The van der Waals surface area contributed by atoms with Crippen LogP contribution in [0.5, 0.6) is 5.75 Å². The number of benzene rings is 1. The first-order chi connectivity index (χ1) is 11.6. The highest BCUT2D eigenvalue weighted by atomic mass is 16.5. The highest BCUT2D eigenvalue weighted by Gasteiger charge is 2.24. The molecule has 24 heavy (non-hydrogen) atoms. The summed E-state index contributed by atoms with van der Waals surface area (Å²) in [5, 5.41) is 4.19. The number of rotatable bonds is 3. The van der Waals surface area contributed by atoms with E-state index in [4.69, 9.17) is 9.26 Å². The number of carbonyl (C=O) groups excluding carboxylic acids is 1. The fraction of sp³-hybridized carbons (Fsp3) is 0.474. The lowest BCUT2D eigenvalue weighted by Gasteiger charge is -2.17. The van der Waals surface area contributed by atoms with Gasteiger partial charge in [0.25, 0.3) is 5.91 Å².